The Morgan fingerprint density at radius 2 is 2.12 bits per heavy atom. The second-order valence-electron chi connectivity index (χ2n) is 3.39. The van der Waals surface area contributed by atoms with Crippen molar-refractivity contribution >= 4 is 11.9 Å². The summed E-state index contributed by atoms with van der Waals surface area (Å²) in [7, 11) is 0. The molecule has 17 heavy (non-hydrogen) atoms. The zero-order valence-corrected chi connectivity index (χ0v) is 8.89. The van der Waals surface area contributed by atoms with Crippen LogP contribution < -0.4 is 5.32 Å². The highest BCUT2D eigenvalue weighted by Crippen LogP contribution is 2.04. The van der Waals surface area contributed by atoms with Gasteiger partial charge >= 0.3 is 5.97 Å². The number of aliphatic hydroxyl groups is 1. The molecule has 0 fully saturated rings. The minimum absolute atomic E-state index is 0.0363. The predicted octanol–water partition coefficient (Wildman–Crippen LogP) is 0.391. The van der Waals surface area contributed by atoms with Gasteiger partial charge in [-0.25, -0.2) is 9.18 Å². The molecule has 1 aromatic carbocycles. The molecule has 1 aromatic rings. The Labute approximate surface area is 96.9 Å². The van der Waals surface area contributed by atoms with Crippen molar-refractivity contribution < 1.29 is 24.2 Å². The van der Waals surface area contributed by atoms with Gasteiger partial charge in [0.25, 0.3) is 5.91 Å². The number of carboxylic acid groups (broad SMARTS) is 1. The lowest BCUT2D eigenvalue weighted by atomic mass is 10.1. The largest absolute Gasteiger partial charge is 0.480 e. The summed E-state index contributed by atoms with van der Waals surface area (Å²) < 4.78 is 12.8. The van der Waals surface area contributed by atoms with Crippen molar-refractivity contribution in [3.8, 4) is 0 Å². The number of carboxylic acids is 1. The minimum atomic E-state index is -1.25. The van der Waals surface area contributed by atoms with Gasteiger partial charge in [0.1, 0.15) is 11.9 Å². The average molecular weight is 241 g/mol. The van der Waals surface area contributed by atoms with Crippen LogP contribution in [0.5, 0.6) is 0 Å². The average Bonchev–Trinajstić information content (AvgIpc) is 2.28. The Bertz CT molecular complexity index is 422. The lowest BCUT2D eigenvalue weighted by Crippen LogP contribution is -2.41. The third-order valence-electron chi connectivity index (χ3n) is 2.11. The van der Waals surface area contributed by atoms with E-state index in [1.54, 1.807) is 0 Å². The second kappa shape index (κ2) is 5.95. The monoisotopic (exact) mass is 241 g/mol. The zero-order chi connectivity index (χ0) is 12.8. The molecule has 1 rings (SSSR count). The molecule has 0 heterocycles. The Morgan fingerprint density at radius 1 is 1.41 bits per heavy atom. The summed E-state index contributed by atoms with van der Waals surface area (Å²) in [6.45, 7) is -0.361. The normalized spacial score (nSPS) is 11.9. The molecule has 0 unspecified atom stereocenters. The third kappa shape index (κ3) is 3.84. The molecule has 0 spiro atoms. The molecule has 0 aromatic heterocycles. The Kier molecular flexibility index (Phi) is 4.59. The zero-order valence-electron chi connectivity index (χ0n) is 8.89. The lowest BCUT2D eigenvalue weighted by molar-refractivity contribution is -0.139. The van der Waals surface area contributed by atoms with E-state index in [2.05, 4.69) is 5.32 Å². The van der Waals surface area contributed by atoms with E-state index in [1.807, 2.05) is 0 Å². The van der Waals surface area contributed by atoms with Gasteiger partial charge in [0, 0.05) is 18.6 Å². The van der Waals surface area contributed by atoms with E-state index in [-0.39, 0.29) is 18.6 Å². The first-order chi connectivity index (χ1) is 8.04. The van der Waals surface area contributed by atoms with Crippen LogP contribution in [0.2, 0.25) is 0 Å². The number of amides is 1. The lowest BCUT2D eigenvalue weighted by Gasteiger charge is -2.13. The molecule has 1 amide bonds. The number of nitrogens with one attached hydrogen (secondary N) is 1. The van der Waals surface area contributed by atoms with Crippen LogP contribution >= 0.6 is 0 Å². The van der Waals surface area contributed by atoms with Gasteiger partial charge in [0.2, 0.25) is 0 Å². The molecule has 5 nitrogen and oxygen atoms in total. The van der Waals surface area contributed by atoms with Crippen molar-refractivity contribution in [2.24, 2.45) is 0 Å². The van der Waals surface area contributed by atoms with E-state index in [4.69, 9.17) is 10.2 Å². The molecule has 0 aliphatic rings. The van der Waals surface area contributed by atoms with Crippen LogP contribution in [0.4, 0.5) is 4.39 Å². The van der Waals surface area contributed by atoms with Crippen LogP contribution in [0.3, 0.4) is 0 Å². The number of rotatable bonds is 5. The highest BCUT2D eigenvalue weighted by Gasteiger charge is 2.19. The minimum Gasteiger partial charge on any atom is -0.480 e. The maximum absolute atomic E-state index is 12.8. The maximum Gasteiger partial charge on any atom is 0.326 e. The fourth-order valence-corrected chi connectivity index (χ4v) is 1.26. The first-order valence-corrected chi connectivity index (χ1v) is 4.94. The number of aliphatic carboxylic acids is 1. The van der Waals surface area contributed by atoms with Crippen molar-refractivity contribution in [3.63, 3.8) is 0 Å². The van der Waals surface area contributed by atoms with E-state index >= 15 is 0 Å². The molecule has 0 bridgehead atoms. The van der Waals surface area contributed by atoms with Crippen LogP contribution in [0.25, 0.3) is 0 Å². The fraction of sp³-hybridized carbons (Fsp3) is 0.273. The number of carbonyl (C=O) groups excluding carboxylic acids is 1. The van der Waals surface area contributed by atoms with Crippen LogP contribution in [0, 0.1) is 5.82 Å². The fourth-order valence-electron chi connectivity index (χ4n) is 1.26. The Hall–Kier alpha value is -1.95. The van der Waals surface area contributed by atoms with E-state index in [1.165, 1.54) is 18.2 Å². The summed E-state index contributed by atoms with van der Waals surface area (Å²) in [5.74, 6) is -2.51. The standard InChI is InChI=1S/C11H12FNO4/c12-8-3-1-2-7(6-8)10(15)13-9(4-5-14)11(16)17/h1-3,6,9,14H,4-5H2,(H,13,15)(H,16,17)/t9-/m1/s1. The summed E-state index contributed by atoms with van der Waals surface area (Å²) in [5, 5.41) is 19.6. The van der Waals surface area contributed by atoms with E-state index in [0.717, 1.165) is 6.07 Å². The first-order valence-electron chi connectivity index (χ1n) is 4.94. The van der Waals surface area contributed by atoms with Crippen molar-refractivity contribution in [1.29, 1.82) is 0 Å². The maximum atomic E-state index is 12.8. The second-order valence-corrected chi connectivity index (χ2v) is 3.39. The van der Waals surface area contributed by atoms with Crippen molar-refractivity contribution in [3.05, 3.63) is 35.6 Å². The molecule has 6 heteroatoms. The van der Waals surface area contributed by atoms with Crippen molar-refractivity contribution in [1.82, 2.24) is 5.32 Å². The number of aliphatic hydroxyl groups excluding tert-OH is 1. The van der Waals surface area contributed by atoms with Crippen LogP contribution in [-0.4, -0.2) is 34.7 Å². The highest BCUT2D eigenvalue weighted by molar-refractivity contribution is 5.96. The van der Waals surface area contributed by atoms with Crippen LogP contribution in [0.1, 0.15) is 16.8 Å². The SMILES string of the molecule is O=C(N[C@H](CCO)C(=O)O)c1cccc(F)c1. The summed E-state index contributed by atoms with van der Waals surface area (Å²) in [5.41, 5.74) is 0.0363. The number of hydrogen-bond acceptors (Lipinski definition) is 3. The molecule has 0 radical (unpaired) electrons. The Morgan fingerprint density at radius 3 is 2.65 bits per heavy atom. The van der Waals surface area contributed by atoms with E-state index < -0.39 is 23.7 Å². The molecule has 1 atom stereocenters. The highest BCUT2D eigenvalue weighted by atomic mass is 19.1. The summed E-state index contributed by atoms with van der Waals surface area (Å²) in [4.78, 5) is 22.3. The first kappa shape index (κ1) is 13.1. The molecule has 3 N–H and O–H groups in total. The summed E-state index contributed by atoms with van der Waals surface area (Å²) in [6, 6.07) is 3.73. The molecule has 92 valence electrons. The number of carbonyl (C=O) groups is 2. The molecule has 0 aliphatic carbocycles. The number of benzene rings is 1. The molecular formula is C11H12FNO4. The smallest absolute Gasteiger partial charge is 0.326 e. The predicted molar refractivity (Wildman–Crippen MR) is 57.0 cm³/mol. The molecule has 0 aliphatic heterocycles. The van der Waals surface area contributed by atoms with Crippen molar-refractivity contribution in [2.75, 3.05) is 6.61 Å². The van der Waals surface area contributed by atoms with E-state index in [9.17, 15) is 14.0 Å². The van der Waals surface area contributed by atoms with Gasteiger partial charge in [-0.3, -0.25) is 4.79 Å². The van der Waals surface area contributed by atoms with E-state index in [0.29, 0.717) is 0 Å². The van der Waals surface area contributed by atoms with Crippen LogP contribution in [0.15, 0.2) is 24.3 Å². The number of hydrogen-bond donors (Lipinski definition) is 3. The van der Waals surface area contributed by atoms with Gasteiger partial charge < -0.3 is 15.5 Å². The third-order valence-corrected chi connectivity index (χ3v) is 2.11. The molecule has 0 saturated heterocycles. The van der Waals surface area contributed by atoms with Gasteiger partial charge in [-0.1, -0.05) is 6.07 Å². The van der Waals surface area contributed by atoms with Gasteiger partial charge in [0.15, 0.2) is 0 Å². The number of halogens is 1. The molecular weight excluding hydrogens is 229 g/mol. The van der Waals surface area contributed by atoms with Crippen molar-refractivity contribution in [2.45, 2.75) is 12.5 Å². The van der Waals surface area contributed by atoms with Gasteiger partial charge in [-0.2, -0.15) is 0 Å². The quantitative estimate of drug-likeness (QED) is 0.696. The molecule has 0 saturated carbocycles. The topological polar surface area (TPSA) is 86.6 Å². The van der Waals surface area contributed by atoms with Gasteiger partial charge in [-0.05, 0) is 18.2 Å². The summed E-state index contributed by atoms with van der Waals surface area (Å²) in [6.07, 6.45) is -0.101. The Balaban J connectivity index is 2.73. The van der Waals surface area contributed by atoms with Crippen LogP contribution in [-0.2, 0) is 4.79 Å². The van der Waals surface area contributed by atoms with Gasteiger partial charge in [0.05, 0.1) is 0 Å². The summed E-state index contributed by atoms with van der Waals surface area (Å²) >= 11 is 0. The van der Waals surface area contributed by atoms with Gasteiger partial charge in [-0.15, -0.1) is 0 Å².